The molecule has 1 aromatic rings. The normalized spacial score (nSPS) is 20.5. The van der Waals surface area contributed by atoms with Gasteiger partial charge in [-0.15, -0.1) is 0 Å². The van der Waals surface area contributed by atoms with Crippen molar-refractivity contribution in [2.75, 3.05) is 6.61 Å². The van der Waals surface area contributed by atoms with Gasteiger partial charge in [0.25, 0.3) is 0 Å². The van der Waals surface area contributed by atoms with E-state index in [9.17, 15) is 5.11 Å². The van der Waals surface area contributed by atoms with Gasteiger partial charge < -0.3 is 5.11 Å². The number of aliphatic hydroxyl groups is 1. The smallest absolute Gasteiger partial charge is 0.0522 e. The number of rotatable bonds is 3. The molecule has 0 aromatic heterocycles. The van der Waals surface area contributed by atoms with E-state index in [1.165, 1.54) is 36.8 Å². The molecular weight excluding hydrogens is 232 g/mol. The Balaban J connectivity index is 2.16. The summed E-state index contributed by atoms with van der Waals surface area (Å²) >= 11 is 0. The number of hydrogen-bond donors (Lipinski definition) is 1. The van der Waals surface area contributed by atoms with Gasteiger partial charge in [-0.1, -0.05) is 52.0 Å². The molecule has 0 bridgehead atoms. The van der Waals surface area contributed by atoms with Crippen molar-refractivity contribution >= 4 is 0 Å². The van der Waals surface area contributed by atoms with Crippen LogP contribution in [0.5, 0.6) is 0 Å². The lowest BCUT2D eigenvalue weighted by molar-refractivity contribution is 0.217. The molecule has 1 fully saturated rings. The third kappa shape index (κ3) is 3.39. The van der Waals surface area contributed by atoms with Crippen molar-refractivity contribution in [2.24, 2.45) is 5.41 Å². The zero-order valence-corrected chi connectivity index (χ0v) is 12.9. The van der Waals surface area contributed by atoms with Crippen molar-refractivity contribution < 1.29 is 5.11 Å². The van der Waals surface area contributed by atoms with Gasteiger partial charge in [-0.2, -0.15) is 0 Å². The lowest BCUT2D eigenvalue weighted by Gasteiger charge is -2.35. The first-order valence-electron chi connectivity index (χ1n) is 7.55. The summed E-state index contributed by atoms with van der Waals surface area (Å²) in [6.07, 6.45) is 5.25. The highest BCUT2D eigenvalue weighted by Gasteiger charge is 2.28. The molecule has 2 rings (SSSR count). The second kappa shape index (κ2) is 5.28. The van der Waals surface area contributed by atoms with Crippen LogP contribution in [0.2, 0.25) is 0 Å². The van der Waals surface area contributed by atoms with E-state index < -0.39 is 0 Å². The molecule has 0 amide bonds. The maximum Gasteiger partial charge on any atom is 0.0522 e. The fourth-order valence-corrected chi connectivity index (χ4v) is 3.04. The lowest BCUT2D eigenvalue weighted by Crippen LogP contribution is -2.23. The van der Waals surface area contributed by atoms with Gasteiger partial charge in [-0.25, -0.2) is 0 Å². The van der Waals surface area contributed by atoms with Crippen LogP contribution in [0, 0.1) is 5.41 Å². The maximum absolute atomic E-state index is 9.52. The Hall–Kier alpha value is -0.820. The Morgan fingerprint density at radius 3 is 2.42 bits per heavy atom. The van der Waals surface area contributed by atoms with E-state index >= 15 is 0 Å². The van der Waals surface area contributed by atoms with Crippen molar-refractivity contribution in [2.45, 2.75) is 64.7 Å². The lowest BCUT2D eigenvalue weighted by atomic mass is 9.71. The molecule has 1 nitrogen and oxygen atoms in total. The molecule has 1 aliphatic rings. The van der Waals surface area contributed by atoms with Crippen LogP contribution in [0.3, 0.4) is 0 Å². The third-order valence-corrected chi connectivity index (χ3v) is 4.87. The molecule has 1 aliphatic carbocycles. The first-order chi connectivity index (χ1) is 8.84. The molecule has 0 radical (unpaired) electrons. The summed E-state index contributed by atoms with van der Waals surface area (Å²) in [5.41, 5.74) is 3.12. The molecule has 1 N–H and O–H groups in total. The van der Waals surface area contributed by atoms with Gasteiger partial charge in [0.15, 0.2) is 0 Å². The van der Waals surface area contributed by atoms with Gasteiger partial charge in [0.2, 0.25) is 0 Å². The minimum Gasteiger partial charge on any atom is -0.395 e. The summed E-state index contributed by atoms with van der Waals surface area (Å²) in [6, 6.07) is 8.88. The minimum atomic E-state index is -0.135. The summed E-state index contributed by atoms with van der Waals surface area (Å²) in [7, 11) is 0. The van der Waals surface area contributed by atoms with Crippen LogP contribution >= 0.6 is 0 Å². The Bertz CT molecular complexity index is 421. The Labute approximate surface area is 118 Å². The van der Waals surface area contributed by atoms with Crippen LogP contribution < -0.4 is 0 Å². The molecule has 106 valence electrons. The molecule has 0 saturated heterocycles. The van der Waals surface area contributed by atoms with Crippen molar-refractivity contribution in [3.05, 3.63) is 35.4 Å². The van der Waals surface area contributed by atoms with Crippen LogP contribution in [0.4, 0.5) is 0 Å². The van der Waals surface area contributed by atoms with Gasteiger partial charge in [0.05, 0.1) is 6.61 Å². The van der Waals surface area contributed by atoms with Crippen molar-refractivity contribution in [3.63, 3.8) is 0 Å². The number of benzene rings is 1. The van der Waals surface area contributed by atoms with Crippen LogP contribution in [0.15, 0.2) is 24.3 Å². The highest BCUT2D eigenvalue weighted by atomic mass is 16.3. The summed E-state index contributed by atoms with van der Waals surface area (Å²) in [5, 5.41) is 9.52. The van der Waals surface area contributed by atoms with Gasteiger partial charge in [0.1, 0.15) is 0 Å². The van der Waals surface area contributed by atoms with Crippen LogP contribution in [0.25, 0.3) is 0 Å². The third-order valence-electron chi connectivity index (χ3n) is 4.87. The summed E-state index contributed by atoms with van der Waals surface area (Å²) < 4.78 is 0. The monoisotopic (exact) mass is 260 g/mol. The van der Waals surface area contributed by atoms with Gasteiger partial charge >= 0.3 is 0 Å². The molecule has 0 heterocycles. The molecule has 0 spiro atoms. The zero-order valence-electron chi connectivity index (χ0n) is 12.9. The van der Waals surface area contributed by atoms with E-state index in [1.54, 1.807) is 0 Å². The summed E-state index contributed by atoms with van der Waals surface area (Å²) in [4.78, 5) is 0. The molecule has 1 heteroatoms. The average molecular weight is 260 g/mol. The second-order valence-corrected chi connectivity index (χ2v) is 7.61. The standard InChI is InChI=1S/C18H28O/c1-17(2)10-8-14(9-11-17)15-6-5-7-16(12-15)18(3,4)13-19/h5-7,12,14,19H,8-11,13H2,1-4H3. The number of hydrogen-bond acceptors (Lipinski definition) is 1. The quantitative estimate of drug-likeness (QED) is 0.839. The molecule has 0 unspecified atom stereocenters. The topological polar surface area (TPSA) is 20.2 Å². The van der Waals surface area contributed by atoms with Crippen molar-refractivity contribution in [3.8, 4) is 0 Å². The Kier molecular flexibility index (Phi) is 4.06. The maximum atomic E-state index is 9.52. The molecule has 19 heavy (non-hydrogen) atoms. The predicted molar refractivity (Wildman–Crippen MR) is 81.5 cm³/mol. The molecule has 0 atom stereocenters. The first-order valence-corrected chi connectivity index (χ1v) is 7.55. The SMILES string of the molecule is CC1(C)CCC(c2cccc(C(C)(C)CO)c2)CC1. The molecule has 0 aliphatic heterocycles. The number of aliphatic hydroxyl groups excluding tert-OH is 1. The highest BCUT2D eigenvalue weighted by Crippen LogP contribution is 2.42. The highest BCUT2D eigenvalue weighted by molar-refractivity contribution is 5.31. The van der Waals surface area contributed by atoms with Gasteiger partial charge in [-0.05, 0) is 48.1 Å². The first kappa shape index (κ1) is 14.6. The van der Waals surface area contributed by atoms with E-state index in [1.807, 2.05) is 0 Å². The minimum absolute atomic E-state index is 0.135. The Morgan fingerprint density at radius 2 is 1.84 bits per heavy atom. The summed E-state index contributed by atoms with van der Waals surface area (Å²) in [5.74, 6) is 0.711. The van der Waals surface area contributed by atoms with Crippen molar-refractivity contribution in [1.29, 1.82) is 0 Å². The van der Waals surface area contributed by atoms with Crippen LogP contribution in [-0.2, 0) is 5.41 Å². The van der Waals surface area contributed by atoms with E-state index in [0.29, 0.717) is 11.3 Å². The van der Waals surface area contributed by atoms with Crippen molar-refractivity contribution in [1.82, 2.24) is 0 Å². The molecular formula is C18H28O. The van der Waals surface area contributed by atoms with Gasteiger partial charge in [-0.3, -0.25) is 0 Å². The van der Waals surface area contributed by atoms with Gasteiger partial charge in [0, 0.05) is 5.41 Å². The van der Waals surface area contributed by atoms with E-state index in [-0.39, 0.29) is 12.0 Å². The van der Waals surface area contributed by atoms with E-state index in [2.05, 4.69) is 52.0 Å². The van der Waals surface area contributed by atoms with E-state index in [0.717, 1.165) is 0 Å². The fraction of sp³-hybridized carbons (Fsp3) is 0.667. The molecule has 1 saturated carbocycles. The molecule has 1 aromatic carbocycles. The van der Waals surface area contributed by atoms with Crippen LogP contribution in [-0.4, -0.2) is 11.7 Å². The Morgan fingerprint density at radius 1 is 1.21 bits per heavy atom. The largest absolute Gasteiger partial charge is 0.395 e. The van der Waals surface area contributed by atoms with E-state index in [4.69, 9.17) is 0 Å². The fourth-order valence-electron chi connectivity index (χ4n) is 3.04. The summed E-state index contributed by atoms with van der Waals surface area (Å²) in [6.45, 7) is 9.18. The predicted octanol–water partition coefficient (Wildman–Crippen LogP) is 4.64. The average Bonchev–Trinajstić information content (AvgIpc) is 2.39. The van der Waals surface area contributed by atoms with Crippen LogP contribution in [0.1, 0.15) is 70.4 Å². The second-order valence-electron chi connectivity index (χ2n) is 7.61. The zero-order chi connectivity index (χ0) is 14.1.